The SMILES string of the molecule is CC(=O)N(CCCc1ccccc1)CCNC(=O)Cc1ccccc1C. The minimum absolute atomic E-state index is 0.00733. The molecule has 26 heavy (non-hydrogen) atoms. The standard InChI is InChI=1S/C22H28N2O2/c1-18-9-6-7-13-21(18)17-22(26)23-14-16-24(19(2)25)15-8-12-20-10-4-3-5-11-20/h3-7,9-11,13H,8,12,14-17H2,1-2H3,(H,23,26). The first-order valence-electron chi connectivity index (χ1n) is 9.17. The number of nitrogens with one attached hydrogen (secondary N) is 1. The van der Waals surface area contributed by atoms with E-state index >= 15 is 0 Å². The Morgan fingerprint density at radius 1 is 0.962 bits per heavy atom. The van der Waals surface area contributed by atoms with Crippen LogP contribution in [-0.2, 0) is 22.4 Å². The molecule has 4 heteroatoms. The highest BCUT2D eigenvalue weighted by Crippen LogP contribution is 2.07. The van der Waals surface area contributed by atoms with Gasteiger partial charge in [-0.3, -0.25) is 9.59 Å². The van der Waals surface area contributed by atoms with Gasteiger partial charge in [-0.15, -0.1) is 0 Å². The van der Waals surface area contributed by atoms with Crippen molar-refractivity contribution < 1.29 is 9.59 Å². The Morgan fingerprint density at radius 3 is 2.35 bits per heavy atom. The van der Waals surface area contributed by atoms with Gasteiger partial charge in [0.25, 0.3) is 0 Å². The molecule has 2 amide bonds. The Balaban J connectivity index is 1.71. The third-order valence-electron chi connectivity index (χ3n) is 4.50. The zero-order valence-electron chi connectivity index (χ0n) is 15.7. The van der Waals surface area contributed by atoms with Crippen molar-refractivity contribution in [3.63, 3.8) is 0 Å². The molecule has 2 aromatic carbocycles. The largest absolute Gasteiger partial charge is 0.354 e. The molecule has 0 radical (unpaired) electrons. The van der Waals surface area contributed by atoms with Gasteiger partial charge in [-0.1, -0.05) is 54.6 Å². The molecule has 138 valence electrons. The molecular weight excluding hydrogens is 324 g/mol. The Hall–Kier alpha value is -2.62. The van der Waals surface area contributed by atoms with E-state index < -0.39 is 0 Å². The second-order valence-corrected chi connectivity index (χ2v) is 6.55. The zero-order chi connectivity index (χ0) is 18.8. The molecule has 1 N–H and O–H groups in total. The first-order valence-corrected chi connectivity index (χ1v) is 9.17. The fraction of sp³-hybridized carbons (Fsp3) is 0.364. The molecule has 2 aromatic rings. The lowest BCUT2D eigenvalue weighted by Gasteiger charge is -2.21. The van der Waals surface area contributed by atoms with Gasteiger partial charge in [0.1, 0.15) is 0 Å². The molecule has 0 fully saturated rings. The molecule has 0 aromatic heterocycles. The lowest BCUT2D eigenvalue weighted by molar-refractivity contribution is -0.129. The van der Waals surface area contributed by atoms with Gasteiger partial charge < -0.3 is 10.2 Å². The average molecular weight is 352 g/mol. The van der Waals surface area contributed by atoms with Crippen molar-refractivity contribution in [2.24, 2.45) is 0 Å². The predicted octanol–water partition coefficient (Wildman–Crippen LogP) is 3.14. The minimum atomic E-state index is -0.00733. The number of carbonyl (C=O) groups excluding carboxylic acids is 2. The van der Waals surface area contributed by atoms with Crippen LogP contribution in [0.15, 0.2) is 54.6 Å². The molecule has 0 heterocycles. The van der Waals surface area contributed by atoms with E-state index in [1.54, 1.807) is 11.8 Å². The summed E-state index contributed by atoms with van der Waals surface area (Å²) >= 11 is 0. The summed E-state index contributed by atoms with van der Waals surface area (Å²) in [6, 6.07) is 18.2. The molecule has 0 saturated heterocycles. The quantitative estimate of drug-likeness (QED) is 0.754. The van der Waals surface area contributed by atoms with Gasteiger partial charge in [-0.05, 0) is 36.5 Å². The van der Waals surface area contributed by atoms with Gasteiger partial charge in [-0.2, -0.15) is 0 Å². The summed E-state index contributed by atoms with van der Waals surface area (Å²) in [6.07, 6.45) is 2.24. The molecule has 0 aliphatic carbocycles. The third-order valence-corrected chi connectivity index (χ3v) is 4.50. The van der Waals surface area contributed by atoms with E-state index in [0.29, 0.717) is 26.1 Å². The summed E-state index contributed by atoms with van der Waals surface area (Å²) in [5.41, 5.74) is 3.44. The number of nitrogens with zero attached hydrogens (tertiary/aromatic N) is 1. The Labute approximate surface area is 156 Å². The Morgan fingerprint density at radius 2 is 1.65 bits per heavy atom. The maximum atomic E-state index is 12.1. The van der Waals surface area contributed by atoms with Crippen LogP contribution < -0.4 is 5.32 Å². The fourth-order valence-electron chi connectivity index (χ4n) is 2.92. The smallest absolute Gasteiger partial charge is 0.224 e. The Bertz CT molecular complexity index is 713. The van der Waals surface area contributed by atoms with Crippen molar-refractivity contribution in [1.29, 1.82) is 0 Å². The van der Waals surface area contributed by atoms with Crippen molar-refractivity contribution in [2.45, 2.75) is 33.1 Å². The summed E-state index contributed by atoms with van der Waals surface area (Å²) in [5.74, 6) is 0.0401. The topological polar surface area (TPSA) is 49.4 Å². The number of carbonyl (C=O) groups is 2. The van der Waals surface area contributed by atoms with Crippen LogP contribution in [0, 0.1) is 6.92 Å². The van der Waals surface area contributed by atoms with Gasteiger partial charge in [0.2, 0.25) is 11.8 Å². The average Bonchev–Trinajstić information content (AvgIpc) is 2.63. The van der Waals surface area contributed by atoms with Crippen molar-refractivity contribution in [1.82, 2.24) is 10.2 Å². The predicted molar refractivity (Wildman–Crippen MR) is 105 cm³/mol. The number of amides is 2. The van der Waals surface area contributed by atoms with E-state index in [2.05, 4.69) is 17.4 Å². The molecule has 0 aliphatic rings. The van der Waals surface area contributed by atoms with Crippen LogP contribution in [0.2, 0.25) is 0 Å². The highest BCUT2D eigenvalue weighted by Gasteiger charge is 2.10. The highest BCUT2D eigenvalue weighted by atomic mass is 16.2. The Kier molecular flexibility index (Phi) is 7.87. The number of benzene rings is 2. The van der Waals surface area contributed by atoms with Crippen LogP contribution >= 0.6 is 0 Å². The summed E-state index contributed by atoms with van der Waals surface area (Å²) < 4.78 is 0. The first kappa shape index (κ1) is 19.7. The molecule has 0 bridgehead atoms. The molecule has 4 nitrogen and oxygen atoms in total. The lowest BCUT2D eigenvalue weighted by atomic mass is 10.1. The molecule has 0 aliphatic heterocycles. The van der Waals surface area contributed by atoms with E-state index in [1.807, 2.05) is 49.4 Å². The second kappa shape index (κ2) is 10.4. The van der Waals surface area contributed by atoms with Gasteiger partial charge in [0.15, 0.2) is 0 Å². The highest BCUT2D eigenvalue weighted by molar-refractivity contribution is 5.79. The van der Waals surface area contributed by atoms with E-state index in [4.69, 9.17) is 0 Å². The molecule has 2 rings (SSSR count). The van der Waals surface area contributed by atoms with E-state index in [1.165, 1.54) is 5.56 Å². The van der Waals surface area contributed by atoms with Crippen LogP contribution in [-0.4, -0.2) is 36.3 Å². The fourth-order valence-corrected chi connectivity index (χ4v) is 2.92. The van der Waals surface area contributed by atoms with Crippen molar-refractivity contribution in [3.05, 3.63) is 71.3 Å². The summed E-state index contributed by atoms with van der Waals surface area (Å²) in [6.45, 7) is 5.32. The summed E-state index contributed by atoms with van der Waals surface area (Å²) in [5, 5.41) is 2.92. The second-order valence-electron chi connectivity index (χ2n) is 6.55. The van der Waals surface area contributed by atoms with E-state index in [-0.39, 0.29) is 11.8 Å². The van der Waals surface area contributed by atoms with E-state index in [9.17, 15) is 9.59 Å². The number of rotatable bonds is 9. The number of hydrogen-bond acceptors (Lipinski definition) is 2. The van der Waals surface area contributed by atoms with Gasteiger partial charge >= 0.3 is 0 Å². The lowest BCUT2D eigenvalue weighted by Crippen LogP contribution is -2.38. The maximum absolute atomic E-state index is 12.1. The third kappa shape index (κ3) is 6.71. The molecule has 0 unspecified atom stereocenters. The van der Waals surface area contributed by atoms with Crippen LogP contribution in [0.4, 0.5) is 0 Å². The molecule has 0 spiro atoms. The summed E-state index contributed by atoms with van der Waals surface area (Å²) in [4.78, 5) is 25.7. The zero-order valence-corrected chi connectivity index (χ0v) is 15.7. The number of aryl methyl sites for hydroxylation is 2. The van der Waals surface area contributed by atoms with Crippen LogP contribution in [0.1, 0.15) is 30.0 Å². The van der Waals surface area contributed by atoms with Gasteiger partial charge in [0, 0.05) is 26.6 Å². The molecule has 0 atom stereocenters. The van der Waals surface area contributed by atoms with E-state index in [0.717, 1.165) is 24.0 Å². The van der Waals surface area contributed by atoms with Crippen molar-refractivity contribution in [3.8, 4) is 0 Å². The van der Waals surface area contributed by atoms with Crippen LogP contribution in [0.3, 0.4) is 0 Å². The first-order chi connectivity index (χ1) is 12.6. The van der Waals surface area contributed by atoms with Gasteiger partial charge in [-0.25, -0.2) is 0 Å². The van der Waals surface area contributed by atoms with Crippen molar-refractivity contribution in [2.75, 3.05) is 19.6 Å². The monoisotopic (exact) mass is 352 g/mol. The van der Waals surface area contributed by atoms with Crippen molar-refractivity contribution >= 4 is 11.8 Å². The minimum Gasteiger partial charge on any atom is -0.354 e. The molecular formula is C22H28N2O2. The normalized spacial score (nSPS) is 10.4. The van der Waals surface area contributed by atoms with Crippen LogP contribution in [0.5, 0.6) is 0 Å². The van der Waals surface area contributed by atoms with Crippen LogP contribution in [0.25, 0.3) is 0 Å². The number of hydrogen-bond donors (Lipinski definition) is 1. The van der Waals surface area contributed by atoms with Gasteiger partial charge in [0.05, 0.1) is 6.42 Å². The maximum Gasteiger partial charge on any atom is 0.224 e. The summed E-state index contributed by atoms with van der Waals surface area (Å²) in [7, 11) is 0. The molecule has 0 saturated carbocycles.